The topological polar surface area (TPSA) is 220 Å². The summed E-state index contributed by atoms with van der Waals surface area (Å²) >= 11 is 0. The van der Waals surface area contributed by atoms with Crippen LogP contribution in [0.1, 0.15) is 66.2 Å². The van der Waals surface area contributed by atoms with E-state index in [1.807, 2.05) is 27.7 Å². The third kappa shape index (κ3) is 13.1. The number of nitrogens with two attached hydrogens (primary N) is 3. The van der Waals surface area contributed by atoms with Crippen LogP contribution in [0.4, 0.5) is 0 Å². The molecule has 34 heavy (non-hydrogen) atoms. The molecule has 0 aromatic carbocycles. The highest BCUT2D eigenvalue weighted by atomic mass is 16.4. The monoisotopic (exact) mass is 486 g/mol. The van der Waals surface area contributed by atoms with Crippen LogP contribution in [0.2, 0.25) is 0 Å². The summed E-state index contributed by atoms with van der Waals surface area (Å²) < 4.78 is 0. The molecular weight excluding hydrogens is 444 g/mol. The Balaban J connectivity index is 5.47. The fourth-order valence-electron chi connectivity index (χ4n) is 3.30. The van der Waals surface area contributed by atoms with Gasteiger partial charge in [0.1, 0.15) is 18.1 Å². The Bertz CT molecular complexity index is 699. The van der Waals surface area contributed by atoms with Gasteiger partial charge < -0.3 is 38.3 Å². The predicted octanol–water partition coefficient (Wildman–Crippen LogP) is -1.05. The normalized spacial score (nSPS) is 14.7. The van der Waals surface area contributed by atoms with E-state index in [9.17, 15) is 29.1 Å². The van der Waals surface area contributed by atoms with Crippen LogP contribution in [0.3, 0.4) is 0 Å². The van der Waals surface area contributed by atoms with Crippen LogP contribution >= 0.6 is 0 Å². The summed E-state index contributed by atoms with van der Waals surface area (Å²) in [7, 11) is 0. The summed E-state index contributed by atoms with van der Waals surface area (Å²) in [6.45, 7) is 7.83. The number of carboxylic acid groups (broad SMARTS) is 1. The molecule has 0 aromatic rings. The Morgan fingerprint density at radius 2 is 1.26 bits per heavy atom. The van der Waals surface area contributed by atoms with Gasteiger partial charge in [-0.25, -0.2) is 4.79 Å². The smallest absolute Gasteiger partial charge is 0.326 e. The van der Waals surface area contributed by atoms with Crippen molar-refractivity contribution in [2.24, 2.45) is 29.0 Å². The Morgan fingerprint density at radius 3 is 1.74 bits per heavy atom. The first-order valence-electron chi connectivity index (χ1n) is 11.7. The van der Waals surface area contributed by atoms with E-state index in [1.54, 1.807) is 0 Å². The lowest BCUT2D eigenvalue weighted by molar-refractivity contribution is -0.142. The summed E-state index contributed by atoms with van der Waals surface area (Å²) in [4.78, 5) is 61.2. The van der Waals surface area contributed by atoms with E-state index in [0.29, 0.717) is 25.8 Å². The number of amides is 4. The Labute approximate surface area is 201 Å². The molecular formula is C22H42N6O6. The Kier molecular flexibility index (Phi) is 14.7. The molecule has 10 N–H and O–H groups in total. The fraction of sp³-hybridized carbons (Fsp3) is 0.773. The van der Waals surface area contributed by atoms with Gasteiger partial charge in [-0.2, -0.15) is 0 Å². The maximum Gasteiger partial charge on any atom is 0.326 e. The molecule has 0 fully saturated rings. The average molecular weight is 487 g/mol. The lowest BCUT2D eigenvalue weighted by Gasteiger charge is -2.26. The van der Waals surface area contributed by atoms with Crippen molar-refractivity contribution >= 4 is 29.6 Å². The first-order valence-corrected chi connectivity index (χ1v) is 11.7. The minimum Gasteiger partial charge on any atom is -0.480 e. The molecule has 12 heteroatoms. The van der Waals surface area contributed by atoms with Crippen molar-refractivity contribution < 1.29 is 29.1 Å². The average Bonchev–Trinajstić information content (AvgIpc) is 2.70. The second-order valence-corrected chi connectivity index (χ2v) is 9.34. The van der Waals surface area contributed by atoms with Crippen molar-refractivity contribution in [3.8, 4) is 0 Å². The predicted molar refractivity (Wildman–Crippen MR) is 127 cm³/mol. The maximum absolute atomic E-state index is 12.9. The molecule has 4 amide bonds. The highest BCUT2D eigenvalue weighted by molar-refractivity contribution is 5.96. The molecule has 0 rings (SSSR count). The standard InChI is InChI=1S/C22H42N6O6/c1-12(2)9-14(24)19(30)27-17(11-18(25)29)21(32)28-16(10-13(3)4)20(31)26-15(22(33)34)7-5-6-8-23/h12-17H,5-11,23-24H2,1-4H3,(H2,25,29)(H,26,31)(H,27,30)(H,28,32)(H,33,34). The molecule has 0 radical (unpaired) electrons. The molecule has 0 saturated heterocycles. The van der Waals surface area contributed by atoms with Crippen LogP contribution in [-0.2, 0) is 24.0 Å². The summed E-state index contributed by atoms with van der Waals surface area (Å²) in [6, 6.07) is -4.44. The summed E-state index contributed by atoms with van der Waals surface area (Å²) in [5.74, 6) is -4.00. The molecule has 12 nitrogen and oxygen atoms in total. The molecule has 196 valence electrons. The third-order valence-corrected chi connectivity index (χ3v) is 5.00. The van der Waals surface area contributed by atoms with Gasteiger partial charge in [0.25, 0.3) is 0 Å². The van der Waals surface area contributed by atoms with E-state index in [4.69, 9.17) is 17.2 Å². The minimum atomic E-state index is -1.33. The van der Waals surface area contributed by atoms with Crippen LogP contribution in [0, 0.1) is 11.8 Å². The van der Waals surface area contributed by atoms with Crippen molar-refractivity contribution in [2.75, 3.05) is 6.54 Å². The van der Waals surface area contributed by atoms with Crippen molar-refractivity contribution in [2.45, 2.75) is 90.4 Å². The van der Waals surface area contributed by atoms with Gasteiger partial charge in [0.15, 0.2) is 0 Å². The van der Waals surface area contributed by atoms with Crippen molar-refractivity contribution in [3.05, 3.63) is 0 Å². The quantitative estimate of drug-likeness (QED) is 0.125. The summed E-state index contributed by atoms with van der Waals surface area (Å²) in [6.07, 6.45) is 1.40. The molecule has 4 unspecified atom stereocenters. The van der Waals surface area contributed by atoms with Crippen LogP contribution in [0.5, 0.6) is 0 Å². The number of nitrogens with one attached hydrogen (secondary N) is 3. The molecule has 0 bridgehead atoms. The number of carbonyl (C=O) groups excluding carboxylic acids is 4. The second-order valence-electron chi connectivity index (χ2n) is 9.34. The Morgan fingerprint density at radius 1 is 0.765 bits per heavy atom. The number of carboxylic acids is 1. The van der Waals surface area contributed by atoms with Crippen molar-refractivity contribution in [1.29, 1.82) is 0 Å². The summed E-state index contributed by atoms with van der Waals surface area (Å²) in [5.41, 5.74) is 16.5. The van der Waals surface area contributed by atoms with E-state index in [1.165, 1.54) is 0 Å². The highest BCUT2D eigenvalue weighted by Crippen LogP contribution is 2.09. The lowest BCUT2D eigenvalue weighted by atomic mass is 10.0. The van der Waals surface area contributed by atoms with Gasteiger partial charge in [-0.3, -0.25) is 19.2 Å². The van der Waals surface area contributed by atoms with Gasteiger partial charge in [-0.05, 0) is 50.5 Å². The van der Waals surface area contributed by atoms with Crippen LogP contribution in [0.15, 0.2) is 0 Å². The number of primary amides is 1. The number of hydrogen-bond donors (Lipinski definition) is 7. The zero-order chi connectivity index (χ0) is 26.4. The van der Waals surface area contributed by atoms with E-state index in [0.717, 1.165) is 0 Å². The molecule has 0 aliphatic rings. The fourth-order valence-corrected chi connectivity index (χ4v) is 3.30. The van der Waals surface area contributed by atoms with Gasteiger partial charge in [0.05, 0.1) is 12.5 Å². The molecule has 0 aromatic heterocycles. The van der Waals surface area contributed by atoms with Crippen LogP contribution in [-0.4, -0.2) is 65.4 Å². The number of hydrogen-bond acceptors (Lipinski definition) is 7. The summed E-state index contributed by atoms with van der Waals surface area (Å²) in [5, 5.41) is 16.8. The molecule has 0 saturated carbocycles. The second kappa shape index (κ2) is 16.0. The molecule has 4 atom stereocenters. The number of aliphatic carboxylic acids is 1. The number of carbonyl (C=O) groups is 5. The van der Waals surface area contributed by atoms with Crippen LogP contribution < -0.4 is 33.2 Å². The SMILES string of the molecule is CC(C)CC(N)C(=O)NC(CC(N)=O)C(=O)NC(CC(C)C)C(=O)NC(CCCCN)C(=O)O. The number of rotatable bonds is 17. The van der Waals surface area contributed by atoms with Gasteiger partial charge in [-0.1, -0.05) is 27.7 Å². The zero-order valence-electron chi connectivity index (χ0n) is 20.6. The molecule has 0 aliphatic heterocycles. The largest absolute Gasteiger partial charge is 0.480 e. The van der Waals surface area contributed by atoms with E-state index >= 15 is 0 Å². The van der Waals surface area contributed by atoms with Crippen molar-refractivity contribution in [3.63, 3.8) is 0 Å². The van der Waals surface area contributed by atoms with Crippen LogP contribution in [0.25, 0.3) is 0 Å². The van der Waals surface area contributed by atoms with Gasteiger partial charge >= 0.3 is 5.97 Å². The first-order chi connectivity index (χ1) is 15.8. The maximum atomic E-state index is 12.9. The number of unbranched alkanes of at least 4 members (excludes halogenated alkanes) is 1. The lowest BCUT2D eigenvalue weighted by Crippen LogP contribution is -2.58. The molecule has 0 spiro atoms. The van der Waals surface area contributed by atoms with Gasteiger partial charge in [-0.15, -0.1) is 0 Å². The van der Waals surface area contributed by atoms with Gasteiger partial charge in [0.2, 0.25) is 23.6 Å². The third-order valence-electron chi connectivity index (χ3n) is 5.00. The highest BCUT2D eigenvalue weighted by Gasteiger charge is 2.31. The Hall–Kier alpha value is -2.73. The van der Waals surface area contributed by atoms with E-state index < -0.39 is 60.2 Å². The minimum absolute atomic E-state index is 0.0276. The molecule has 0 heterocycles. The zero-order valence-corrected chi connectivity index (χ0v) is 20.6. The first kappa shape index (κ1) is 31.3. The van der Waals surface area contributed by atoms with E-state index in [-0.39, 0.29) is 24.7 Å². The van der Waals surface area contributed by atoms with Crippen molar-refractivity contribution in [1.82, 2.24) is 16.0 Å². The van der Waals surface area contributed by atoms with Gasteiger partial charge in [0, 0.05) is 0 Å². The van der Waals surface area contributed by atoms with E-state index in [2.05, 4.69) is 16.0 Å². The molecule has 0 aliphatic carbocycles.